The van der Waals surface area contributed by atoms with Gasteiger partial charge in [0.15, 0.2) is 0 Å². The standard InChI is InChI=1S/C29H30BrN3/c1-21(19-23-20-31-25-13-5-4-12-24(23)25)11-6-7-16-29(3)22(2)33(30)27-15-10-14-26(28(27)29)32-17-8-9-18-32/h4-5,10,12-15,20,31H,1-2,6,8-9,11,17-19H2,3H3. The number of nitrogens with one attached hydrogen (secondary N) is 1. The summed E-state index contributed by atoms with van der Waals surface area (Å²) in [5.74, 6) is 7.09. The van der Waals surface area contributed by atoms with Gasteiger partial charge in [0.25, 0.3) is 0 Å². The maximum absolute atomic E-state index is 4.40. The molecule has 1 atom stereocenters. The fraction of sp³-hybridized carbons (Fsp3) is 0.310. The average Bonchev–Trinajstić information content (AvgIpc) is 3.54. The first-order valence-electron chi connectivity index (χ1n) is 11.7. The number of anilines is 2. The third-order valence-corrected chi connectivity index (χ3v) is 7.86. The highest BCUT2D eigenvalue weighted by Crippen LogP contribution is 2.52. The maximum atomic E-state index is 4.40. The van der Waals surface area contributed by atoms with Crippen LogP contribution >= 0.6 is 16.1 Å². The third-order valence-electron chi connectivity index (χ3n) is 7.05. The lowest BCUT2D eigenvalue weighted by Gasteiger charge is -2.27. The monoisotopic (exact) mass is 499 g/mol. The summed E-state index contributed by atoms with van der Waals surface area (Å²) in [5, 5.41) is 1.28. The second-order valence-corrected chi connectivity index (χ2v) is 10.0. The molecule has 1 unspecified atom stereocenters. The Hall–Kier alpha value is -2.90. The van der Waals surface area contributed by atoms with E-state index in [1.54, 1.807) is 0 Å². The molecule has 0 radical (unpaired) electrons. The van der Waals surface area contributed by atoms with Gasteiger partial charge in [-0.1, -0.05) is 48.9 Å². The van der Waals surface area contributed by atoms with Crippen molar-refractivity contribution >= 4 is 38.4 Å². The number of aromatic nitrogens is 1. The van der Waals surface area contributed by atoms with Crippen molar-refractivity contribution in [3.63, 3.8) is 0 Å². The van der Waals surface area contributed by atoms with Gasteiger partial charge in [-0.2, -0.15) is 0 Å². The molecule has 0 spiro atoms. The van der Waals surface area contributed by atoms with Gasteiger partial charge in [-0.15, -0.1) is 5.92 Å². The topological polar surface area (TPSA) is 22.3 Å². The van der Waals surface area contributed by atoms with Gasteiger partial charge in [0, 0.05) is 53.6 Å². The average molecular weight is 500 g/mol. The number of hydrogen-bond acceptors (Lipinski definition) is 2. The van der Waals surface area contributed by atoms with Crippen molar-refractivity contribution in [2.45, 2.75) is 44.4 Å². The number of aromatic amines is 1. The molecule has 2 aromatic carbocycles. The van der Waals surface area contributed by atoms with Gasteiger partial charge in [0.1, 0.15) is 0 Å². The molecule has 2 aliphatic heterocycles. The van der Waals surface area contributed by atoms with Gasteiger partial charge in [0.2, 0.25) is 0 Å². The molecule has 168 valence electrons. The molecule has 5 rings (SSSR count). The SMILES string of the molecule is C=C(CCC#CC1(C)C(=C)N(Br)c2cccc(N3CCCC3)c21)Cc1c[nH]c2ccccc12. The first-order chi connectivity index (χ1) is 16.0. The molecule has 4 heteroatoms. The van der Waals surface area contributed by atoms with E-state index in [0.29, 0.717) is 0 Å². The second-order valence-electron chi connectivity index (χ2n) is 9.31. The van der Waals surface area contributed by atoms with Crippen molar-refractivity contribution < 1.29 is 0 Å². The van der Waals surface area contributed by atoms with Crippen LogP contribution in [-0.4, -0.2) is 18.1 Å². The molecule has 0 aliphatic carbocycles. The number of benzene rings is 2. The molecular formula is C29H30BrN3. The lowest BCUT2D eigenvalue weighted by atomic mass is 9.81. The van der Waals surface area contributed by atoms with E-state index in [4.69, 9.17) is 0 Å². The molecule has 33 heavy (non-hydrogen) atoms. The van der Waals surface area contributed by atoms with E-state index in [9.17, 15) is 0 Å². The van der Waals surface area contributed by atoms with Gasteiger partial charge in [-0.3, -0.25) is 3.93 Å². The highest BCUT2D eigenvalue weighted by atomic mass is 79.9. The number of halogens is 1. The van der Waals surface area contributed by atoms with Gasteiger partial charge in [-0.25, -0.2) is 0 Å². The summed E-state index contributed by atoms with van der Waals surface area (Å²) in [5.41, 5.74) is 8.01. The number of rotatable bonds is 5. The summed E-state index contributed by atoms with van der Waals surface area (Å²) < 4.78 is 2.03. The Morgan fingerprint density at radius 1 is 1.12 bits per heavy atom. The Kier molecular flexibility index (Phi) is 5.85. The molecule has 3 heterocycles. The molecule has 1 saturated heterocycles. The van der Waals surface area contributed by atoms with Crippen LogP contribution in [0.3, 0.4) is 0 Å². The van der Waals surface area contributed by atoms with Crippen molar-refractivity contribution in [1.82, 2.24) is 4.98 Å². The largest absolute Gasteiger partial charge is 0.371 e. The van der Waals surface area contributed by atoms with E-state index in [-0.39, 0.29) is 0 Å². The smallest absolute Gasteiger partial charge is 0.0978 e. The van der Waals surface area contributed by atoms with E-state index in [2.05, 4.69) is 107 Å². The Labute approximate surface area is 205 Å². The van der Waals surface area contributed by atoms with Crippen LogP contribution < -0.4 is 8.83 Å². The van der Waals surface area contributed by atoms with Crippen LogP contribution in [0.25, 0.3) is 10.9 Å². The van der Waals surface area contributed by atoms with Crippen LogP contribution in [0.2, 0.25) is 0 Å². The highest BCUT2D eigenvalue weighted by Gasteiger charge is 2.44. The normalized spacial score (nSPS) is 19.6. The Bertz CT molecular complexity index is 1280. The molecular weight excluding hydrogens is 470 g/mol. The van der Waals surface area contributed by atoms with Crippen LogP contribution in [0.15, 0.2) is 73.1 Å². The second kappa shape index (κ2) is 8.80. The Balaban J connectivity index is 1.33. The number of fused-ring (bicyclic) bond motifs is 2. The van der Waals surface area contributed by atoms with E-state index in [1.165, 1.54) is 46.1 Å². The van der Waals surface area contributed by atoms with Crippen molar-refractivity contribution in [2.24, 2.45) is 0 Å². The fourth-order valence-corrected chi connectivity index (χ4v) is 5.81. The summed E-state index contributed by atoms with van der Waals surface area (Å²) in [6.45, 7) is 13.2. The van der Waals surface area contributed by atoms with E-state index < -0.39 is 5.41 Å². The van der Waals surface area contributed by atoms with E-state index >= 15 is 0 Å². The first-order valence-corrected chi connectivity index (χ1v) is 12.5. The molecule has 1 aromatic heterocycles. The van der Waals surface area contributed by atoms with Gasteiger partial charge < -0.3 is 9.88 Å². The van der Waals surface area contributed by atoms with Crippen LogP contribution in [0.4, 0.5) is 11.4 Å². The van der Waals surface area contributed by atoms with Crippen LogP contribution in [0.1, 0.15) is 43.7 Å². The lowest BCUT2D eigenvalue weighted by molar-refractivity contribution is 0.758. The highest BCUT2D eigenvalue weighted by molar-refractivity contribution is 9.10. The quantitative estimate of drug-likeness (QED) is 0.226. The summed E-state index contributed by atoms with van der Waals surface area (Å²) in [7, 11) is 0. The van der Waals surface area contributed by atoms with Crippen LogP contribution in [0.5, 0.6) is 0 Å². The summed E-state index contributed by atoms with van der Waals surface area (Å²) in [6.07, 6.45) is 7.19. The van der Waals surface area contributed by atoms with Crippen molar-refractivity contribution in [1.29, 1.82) is 0 Å². The minimum Gasteiger partial charge on any atom is -0.371 e. The number of nitrogens with zero attached hydrogens (tertiary/aromatic N) is 2. The number of allylic oxidation sites excluding steroid dienone is 2. The molecule has 0 amide bonds. The van der Waals surface area contributed by atoms with Crippen molar-refractivity contribution in [3.05, 3.63) is 84.2 Å². The summed E-state index contributed by atoms with van der Waals surface area (Å²) in [4.78, 5) is 5.86. The lowest BCUT2D eigenvalue weighted by Crippen LogP contribution is -2.26. The Morgan fingerprint density at radius 3 is 2.70 bits per heavy atom. The van der Waals surface area contributed by atoms with Gasteiger partial charge in [-0.05, 0) is 56.4 Å². The molecule has 1 N–H and O–H groups in total. The maximum Gasteiger partial charge on any atom is 0.0978 e. The third kappa shape index (κ3) is 3.89. The zero-order chi connectivity index (χ0) is 23.0. The molecule has 3 nitrogen and oxygen atoms in total. The summed E-state index contributed by atoms with van der Waals surface area (Å²) in [6, 6.07) is 15.0. The molecule has 2 aliphatic rings. The zero-order valence-electron chi connectivity index (χ0n) is 19.3. The first kappa shape index (κ1) is 21.9. The van der Waals surface area contributed by atoms with E-state index in [0.717, 1.165) is 43.7 Å². The van der Waals surface area contributed by atoms with Crippen LogP contribution in [-0.2, 0) is 11.8 Å². The number of para-hydroxylation sites is 1. The fourth-order valence-electron chi connectivity index (χ4n) is 5.16. The zero-order valence-corrected chi connectivity index (χ0v) is 20.8. The predicted octanol–water partition coefficient (Wildman–Crippen LogP) is 7.25. The van der Waals surface area contributed by atoms with Gasteiger partial charge in [0.05, 0.1) is 27.2 Å². The summed E-state index contributed by atoms with van der Waals surface area (Å²) >= 11 is 3.74. The molecule has 1 fully saturated rings. The Morgan fingerprint density at radius 2 is 1.88 bits per heavy atom. The molecule has 0 bridgehead atoms. The van der Waals surface area contributed by atoms with Crippen LogP contribution in [0, 0.1) is 11.8 Å². The molecule has 0 saturated carbocycles. The minimum atomic E-state index is -0.407. The van der Waals surface area contributed by atoms with Gasteiger partial charge >= 0.3 is 0 Å². The minimum absolute atomic E-state index is 0.407. The number of H-pyrrole nitrogens is 1. The number of hydrogen-bond donors (Lipinski definition) is 1. The van der Waals surface area contributed by atoms with Crippen molar-refractivity contribution in [2.75, 3.05) is 21.9 Å². The van der Waals surface area contributed by atoms with Crippen molar-refractivity contribution in [3.8, 4) is 11.8 Å². The molecule has 3 aromatic rings. The predicted molar refractivity (Wildman–Crippen MR) is 144 cm³/mol. The van der Waals surface area contributed by atoms with E-state index in [1.807, 2.05) is 3.93 Å².